The fraction of sp³-hybridized carbons (Fsp3) is 0. The Morgan fingerprint density at radius 3 is 2.64 bits per heavy atom. The smallest absolute Gasteiger partial charge is 0.731 e. The molecule has 0 saturated heterocycles. The molecule has 0 amide bonds. The molecule has 1 heterocycles. The molecule has 0 saturated carbocycles. The Labute approximate surface area is 103 Å². The number of anilines is 1. The third-order valence-corrected chi connectivity index (χ3v) is 1.55. The first-order chi connectivity index (χ1) is 6.01. The summed E-state index contributed by atoms with van der Waals surface area (Å²) >= 11 is 0. The standard InChI is InChI=1S/C6H5N3O3S.Na/c7-4-5-2-1-3-6(8-5)9-13(10,11)12;/h1-3H,(H,8,9)(H,10,11,12);/q;+1/p-1. The summed E-state index contributed by atoms with van der Waals surface area (Å²) in [5.74, 6) is -0.158. The zero-order valence-corrected chi connectivity index (χ0v) is 10.1. The van der Waals surface area contributed by atoms with Crippen LogP contribution in [0.25, 0.3) is 0 Å². The summed E-state index contributed by atoms with van der Waals surface area (Å²) in [4.78, 5) is 3.53. The van der Waals surface area contributed by atoms with Crippen LogP contribution in [0.15, 0.2) is 18.2 Å². The minimum atomic E-state index is -4.57. The molecule has 0 aliphatic heterocycles. The van der Waals surface area contributed by atoms with Gasteiger partial charge in [0.2, 0.25) is 0 Å². The number of nitriles is 1. The quantitative estimate of drug-likeness (QED) is 0.419. The maximum absolute atomic E-state index is 10.2. The maximum Gasteiger partial charge on any atom is 1.00 e. The molecule has 1 aromatic rings. The average Bonchev–Trinajstić information content (AvgIpc) is 2.01. The molecule has 8 heteroatoms. The number of nitrogens with zero attached hydrogens (tertiary/aromatic N) is 2. The van der Waals surface area contributed by atoms with Gasteiger partial charge in [-0.3, -0.25) is 4.72 Å². The van der Waals surface area contributed by atoms with Gasteiger partial charge >= 0.3 is 29.6 Å². The van der Waals surface area contributed by atoms with Gasteiger partial charge in [0.1, 0.15) is 17.6 Å². The summed E-state index contributed by atoms with van der Waals surface area (Å²) in [5.41, 5.74) is 0.0358. The van der Waals surface area contributed by atoms with Crippen LogP contribution in [0.5, 0.6) is 0 Å². The molecular formula is C6H4N3NaO3S. The van der Waals surface area contributed by atoms with Gasteiger partial charge in [0, 0.05) is 0 Å². The molecule has 0 aliphatic carbocycles. The molecule has 68 valence electrons. The van der Waals surface area contributed by atoms with Gasteiger partial charge in [0.15, 0.2) is 10.3 Å². The van der Waals surface area contributed by atoms with E-state index in [4.69, 9.17) is 5.26 Å². The van der Waals surface area contributed by atoms with Gasteiger partial charge < -0.3 is 4.55 Å². The van der Waals surface area contributed by atoms with Crippen LogP contribution >= 0.6 is 0 Å². The van der Waals surface area contributed by atoms with Crippen molar-refractivity contribution in [3.8, 4) is 6.07 Å². The molecule has 0 spiro atoms. The van der Waals surface area contributed by atoms with E-state index in [2.05, 4.69) is 4.98 Å². The molecule has 6 nitrogen and oxygen atoms in total. The minimum Gasteiger partial charge on any atom is -0.731 e. The van der Waals surface area contributed by atoms with Crippen LogP contribution in [0, 0.1) is 11.3 Å². The second-order valence-electron chi connectivity index (χ2n) is 2.08. The van der Waals surface area contributed by atoms with Gasteiger partial charge in [-0.2, -0.15) is 5.26 Å². The van der Waals surface area contributed by atoms with E-state index in [0.717, 1.165) is 0 Å². The molecule has 1 rings (SSSR count). The van der Waals surface area contributed by atoms with Gasteiger partial charge in [-0.05, 0) is 12.1 Å². The summed E-state index contributed by atoms with van der Waals surface area (Å²) in [6.45, 7) is 0. The van der Waals surface area contributed by atoms with Crippen LogP contribution in [0.1, 0.15) is 5.69 Å². The molecule has 0 bridgehead atoms. The number of nitrogens with one attached hydrogen (secondary N) is 1. The van der Waals surface area contributed by atoms with Crippen LogP contribution in [0.2, 0.25) is 0 Å². The van der Waals surface area contributed by atoms with Gasteiger partial charge in [0.05, 0.1) is 0 Å². The largest absolute Gasteiger partial charge is 1.00 e. The third kappa shape index (κ3) is 4.55. The van der Waals surface area contributed by atoms with Crippen molar-refractivity contribution in [1.82, 2.24) is 4.98 Å². The molecular weight excluding hydrogens is 217 g/mol. The predicted octanol–water partition coefficient (Wildman–Crippen LogP) is -3.17. The molecule has 14 heavy (non-hydrogen) atoms. The molecule has 0 aliphatic rings. The van der Waals surface area contributed by atoms with Crippen LogP contribution in [-0.4, -0.2) is 18.0 Å². The van der Waals surface area contributed by atoms with E-state index in [1.54, 1.807) is 10.8 Å². The van der Waals surface area contributed by atoms with Crippen molar-refractivity contribution < 1.29 is 42.5 Å². The first kappa shape index (κ1) is 13.4. The van der Waals surface area contributed by atoms with E-state index in [-0.39, 0.29) is 41.1 Å². The first-order valence-electron chi connectivity index (χ1n) is 3.12. The maximum atomic E-state index is 10.2. The monoisotopic (exact) mass is 221 g/mol. The molecule has 0 fully saturated rings. The number of rotatable bonds is 2. The fourth-order valence-corrected chi connectivity index (χ4v) is 1.05. The van der Waals surface area contributed by atoms with Crippen molar-refractivity contribution in [2.45, 2.75) is 0 Å². The molecule has 1 aromatic heterocycles. The Kier molecular flexibility index (Phi) is 5.04. The summed E-state index contributed by atoms with van der Waals surface area (Å²) in [5, 5.41) is 8.39. The van der Waals surface area contributed by atoms with E-state index in [0.29, 0.717) is 0 Å². The van der Waals surface area contributed by atoms with Crippen molar-refractivity contribution in [2.24, 2.45) is 0 Å². The molecule has 1 N–H and O–H groups in total. The van der Waals surface area contributed by atoms with Gasteiger partial charge in [0.25, 0.3) is 0 Å². The topological polar surface area (TPSA) is 106 Å². The van der Waals surface area contributed by atoms with Crippen molar-refractivity contribution in [2.75, 3.05) is 4.72 Å². The van der Waals surface area contributed by atoms with Gasteiger partial charge in [-0.15, -0.1) is 0 Å². The Hall–Kier alpha value is -0.650. The Bertz CT molecular complexity index is 454. The third-order valence-electron chi connectivity index (χ3n) is 1.09. The van der Waals surface area contributed by atoms with Crippen molar-refractivity contribution >= 4 is 16.1 Å². The average molecular weight is 221 g/mol. The van der Waals surface area contributed by atoms with Crippen molar-refractivity contribution in [3.05, 3.63) is 23.9 Å². The van der Waals surface area contributed by atoms with Crippen LogP contribution in [-0.2, 0) is 10.3 Å². The molecule has 0 atom stereocenters. The van der Waals surface area contributed by atoms with Gasteiger partial charge in [-0.25, -0.2) is 13.4 Å². The fourth-order valence-electron chi connectivity index (χ4n) is 0.682. The van der Waals surface area contributed by atoms with E-state index in [9.17, 15) is 13.0 Å². The Morgan fingerprint density at radius 1 is 1.50 bits per heavy atom. The number of pyridine rings is 1. The van der Waals surface area contributed by atoms with E-state index >= 15 is 0 Å². The summed E-state index contributed by atoms with van der Waals surface area (Å²) in [7, 11) is -4.57. The van der Waals surface area contributed by atoms with Crippen molar-refractivity contribution in [1.29, 1.82) is 5.26 Å². The number of hydrogen-bond donors (Lipinski definition) is 1. The number of aromatic nitrogens is 1. The summed E-state index contributed by atoms with van der Waals surface area (Å²) in [6, 6.07) is 5.79. The van der Waals surface area contributed by atoms with Crippen LogP contribution in [0.4, 0.5) is 5.82 Å². The van der Waals surface area contributed by atoms with E-state index < -0.39 is 10.3 Å². The molecule has 0 aromatic carbocycles. The van der Waals surface area contributed by atoms with Crippen LogP contribution < -0.4 is 34.3 Å². The van der Waals surface area contributed by atoms with E-state index in [1.165, 1.54) is 18.2 Å². The Balaban J connectivity index is 0.00000169. The first-order valence-corrected chi connectivity index (χ1v) is 4.53. The summed E-state index contributed by atoms with van der Waals surface area (Å²) < 4.78 is 32.2. The van der Waals surface area contributed by atoms with Crippen molar-refractivity contribution in [3.63, 3.8) is 0 Å². The number of hydrogen-bond acceptors (Lipinski definition) is 5. The van der Waals surface area contributed by atoms with Crippen LogP contribution in [0.3, 0.4) is 0 Å². The zero-order valence-electron chi connectivity index (χ0n) is 7.26. The Morgan fingerprint density at radius 2 is 2.14 bits per heavy atom. The molecule has 0 radical (unpaired) electrons. The SMILES string of the molecule is N#Cc1cccc(NS(=O)(=O)[O-])n1.[Na+]. The second-order valence-corrected chi connectivity index (χ2v) is 3.19. The summed E-state index contributed by atoms with van der Waals surface area (Å²) in [6.07, 6.45) is 0. The normalized spacial score (nSPS) is 9.71. The second kappa shape index (κ2) is 5.29. The molecule has 0 unspecified atom stereocenters. The van der Waals surface area contributed by atoms with Gasteiger partial charge in [-0.1, -0.05) is 6.07 Å². The minimum absolute atomic E-state index is 0. The predicted molar refractivity (Wildman–Crippen MR) is 42.3 cm³/mol. The van der Waals surface area contributed by atoms with E-state index in [1.807, 2.05) is 0 Å². The zero-order chi connectivity index (χ0) is 9.90.